The molecule has 0 amide bonds. The monoisotopic (exact) mass is 188 g/mol. The van der Waals surface area contributed by atoms with E-state index in [1.807, 2.05) is 12.4 Å². The molecule has 72 valence electrons. The smallest absolute Gasteiger partial charge is 0.230 e. The molecule has 0 spiro atoms. The zero-order chi connectivity index (χ0) is 10.1. The van der Waals surface area contributed by atoms with Gasteiger partial charge in [-0.2, -0.15) is 0 Å². The van der Waals surface area contributed by atoms with E-state index < -0.39 is 0 Å². The summed E-state index contributed by atoms with van der Waals surface area (Å²) in [6.45, 7) is 4.26. The van der Waals surface area contributed by atoms with E-state index in [-0.39, 0.29) is 0 Å². The van der Waals surface area contributed by atoms with Gasteiger partial charge in [-0.3, -0.25) is 4.84 Å². The van der Waals surface area contributed by atoms with Gasteiger partial charge in [0.15, 0.2) is 0 Å². The second-order valence-corrected chi connectivity index (χ2v) is 3.55. The van der Waals surface area contributed by atoms with E-state index in [0.29, 0.717) is 0 Å². The van der Waals surface area contributed by atoms with E-state index >= 15 is 0 Å². The molecule has 0 unspecified atom stereocenters. The van der Waals surface area contributed by atoms with Gasteiger partial charge in [0.1, 0.15) is 7.11 Å². The molecule has 0 aliphatic heterocycles. The summed E-state index contributed by atoms with van der Waals surface area (Å²) in [6, 6.07) is 6.44. The van der Waals surface area contributed by atoms with Crippen molar-refractivity contribution in [3.8, 4) is 0 Å². The summed E-state index contributed by atoms with van der Waals surface area (Å²) in [5.74, 6) is 0. The first-order valence-corrected chi connectivity index (χ1v) is 4.67. The molecule has 0 N–H and O–H groups in total. The Hall–Kier alpha value is -1.57. The Labute approximate surface area is 83.7 Å². The standard InChI is InChI=1S/C12H14NO/c1-9-6-11-4-5-13(14-3)8-12(11)7-10(9)2/h4-8H,1-3H3/q+1. The first kappa shape index (κ1) is 9.00. The molecule has 0 saturated heterocycles. The number of aromatic nitrogens is 1. The van der Waals surface area contributed by atoms with Crippen molar-refractivity contribution < 1.29 is 9.57 Å². The van der Waals surface area contributed by atoms with Gasteiger partial charge in [-0.25, -0.2) is 0 Å². The molecule has 0 bridgehead atoms. The molecule has 2 heteroatoms. The Morgan fingerprint density at radius 1 is 1.07 bits per heavy atom. The highest BCUT2D eigenvalue weighted by molar-refractivity contribution is 5.82. The molecule has 1 aromatic carbocycles. The van der Waals surface area contributed by atoms with Gasteiger partial charge in [0, 0.05) is 10.8 Å². The van der Waals surface area contributed by atoms with E-state index in [1.165, 1.54) is 21.9 Å². The zero-order valence-electron chi connectivity index (χ0n) is 8.74. The number of hydrogen-bond acceptors (Lipinski definition) is 1. The van der Waals surface area contributed by atoms with Crippen LogP contribution in [0.15, 0.2) is 30.6 Å². The number of fused-ring (bicyclic) bond motifs is 1. The van der Waals surface area contributed by atoms with Crippen molar-refractivity contribution in [3.63, 3.8) is 0 Å². The minimum Gasteiger partial charge on any atom is -0.275 e. The second kappa shape index (κ2) is 3.29. The average Bonchev–Trinajstić information content (AvgIpc) is 2.19. The van der Waals surface area contributed by atoms with Gasteiger partial charge in [-0.1, -0.05) is 6.07 Å². The van der Waals surface area contributed by atoms with Crippen molar-refractivity contribution in [2.75, 3.05) is 7.11 Å². The van der Waals surface area contributed by atoms with Crippen LogP contribution in [0.1, 0.15) is 11.1 Å². The lowest BCUT2D eigenvalue weighted by Gasteiger charge is -2.01. The Morgan fingerprint density at radius 2 is 1.71 bits per heavy atom. The zero-order valence-corrected chi connectivity index (χ0v) is 8.74. The maximum atomic E-state index is 5.11. The molecule has 0 aliphatic carbocycles. The predicted molar refractivity (Wildman–Crippen MR) is 56.1 cm³/mol. The van der Waals surface area contributed by atoms with Crippen LogP contribution in [0, 0.1) is 13.8 Å². The molecular weight excluding hydrogens is 174 g/mol. The van der Waals surface area contributed by atoms with Crippen LogP contribution in [-0.4, -0.2) is 7.11 Å². The van der Waals surface area contributed by atoms with Crippen molar-refractivity contribution in [1.29, 1.82) is 0 Å². The highest BCUT2D eigenvalue weighted by Gasteiger charge is 2.04. The van der Waals surface area contributed by atoms with Crippen molar-refractivity contribution >= 4 is 10.8 Å². The van der Waals surface area contributed by atoms with Crippen molar-refractivity contribution in [2.45, 2.75) is 13.8 Å². The topological polar surface area (TPSA) is 13.1 Å². The molecule has 2 rings (SSSR count). The molecule has 1 heterocycles. The minimum absolute atomic E-state index is 1.21. The second-order valence-electron chi connectivity index (χ2n) is 3.55. The number of benzene rings is 1. The fourth-order valence-electron chi connectivity index (χ4n) is 1.56. The highest BCUT2D eigenvalue weighted by atomic mass is 16.6. The lowest BCUT2D eigenvalue weighted by atomic mass is 10.0. The van der Waals surface area contributed by atoms with Crippen LogP contribution in [0.3, 0.4) is 0 Å². The fraction of sp³-hybridized carbons (Fsp3) is 0.250. The first-order chi connectivity index (χ1) is 6.70. The van der Waals surface area contributed by atoms with E-state index in [2.05, 4.69) is 32.0 Å². The van der Waals surface area contributed by atoms with Crippen LogP contribution in [0.2, 0.25) is 0 Å². The third kappa shape index (κ3) is 1.43. The molecule has 0 radical (unpaired) electrons. The van der Waals surface area contributed by atoms with Gasteiger partial charge in [-0.05, 0) is 36.4 Å². The van der Waals surface area contributed by atoms with Gasteiger partial charge in [0.25, 0.3) is 0 Å². The number of nitrogens with zero attached hydrogens (tertiary/aromatic N) is 1. The summed E-state index contributed by atoms with van der Waals surface area (Å²) in [6.07, 6.45) is 3.90. The maximum Gasteiger partial charge on any atom is 0.230 e. The molecule has 0 aliphatic rings. The lowest BCUT2D eigenvalue weighted by molar-refractivity contribution is -0.884. The van der Waals surface area contributed by atoms with E-state index in [9.17, 15) is 0 Å². The van der Waals surface area contributed by atoms with E-state index in [4.69, 9.17) is 4.84 Å². The summed E-state index contributed by atoms with van der Waals surface area (Å²) in [7, 11) is 1.66. The van der Waals surface area contributed by atoms with E-state index in [1.54, 1.807) is 11.8 Å². The first-order valence-electron chi connectivity index (χ1n) is 4.67. The van der Waals surface area contributed by atoms with Crippen molar-refractivity contribution in [1.82, 2.24) is 0 Å². The fourth-order valence-corrected chi connectivity index (χ4v) is 1.56. The third-order valence-electron chi connectivity index (χ3n) is 2.58. The Morgan fingerprint density at radius 3 is 2.36 bits per heavy atom. The molecular formula is C12H14NO+. The number of pyridine rings is 1. The molecule has 0 fully saturated rings. The quantitative estimate of drug-likeness (QED) is 0.622. The molecule has 1 aromatic heterocycles. The molecule has 0 saturated carbocycles. The number of rotatable bonds is 1. The lowest BCUT2D eigenvalue weighted by Crippen LogP contribution is -2.39. The van der Waals surface area contributed by atoms with Crippen LogP contribution >= 0.6 is 0 Å². The maximum absolute atomic E-state index is 5.11. The molecule has 0 atom stereocenters. The van der Waals surface area contributed by atoms with Crippen LogP contribution in [-0.2, 0) is 0 Å². The van der Waals surface area contributed by atoms with Gasteiger partial charge in [0.05, 0.1) is 5.39 Å². The van der Waals surface area contributed by atoms with Gasteiger partial charge in [-0.15, -0.1) is 0 Å². The van der Waals surface area contributed by atoms with Gasteiger partial charge >= 0.3 is 0 Å². The van der Waals surface area contributed by atoms with Crippen LogP contribution in [0.4, 0.5) is 0 Å². The Bertz CT molecular complexity index is 477. The van der Waals surface area contributed by atoms with Crippen LogP contribution in [0.5, 0.6) is 0 Å². The summed E-state index contributed by atoms with van der Waals surface area (Å²) in [4.78, 5) is 5.11. The largest absolute Gasteiger partial charge is 0.275 e. The summed E-state index contributed by atoms with van der Waals surface area (Å²) in [5.41, 5.74) is 2.64. The third-order valence-corrected chi connectivity index (χ3v) is 2.58. The summed E-state index contributed by atoms with van der Waals surface area (Å²) < 4.78 is 1.71. The Balaban J connectivity index is 2.70. The van der Waals surface area contributed by atoms with Crippen molar-refractivity contribution in [2.24, 2.45) is 0 Å². The SMILES string of the molecule is CO[n+]1ccc2cc(C)c(C)cc2c1. The summed E-state index contributed by atoms with van der Waals surface area (Å²) >= 11 is 0. The molecule has 2 nitrogen and oxygen atoms in total. The van der Waals surface area contributed by atoms with Gasteiger partial charge < -0.3 is 0 Å². The molecule has 2 aromatic rings. The normalized spacial score (nSPS) is 10.5. The van der Waals surface area contributed by atoms with Gasteiger partial charge in [0.2, 0.25) is 12.4 Å². The highest BCUT2D eigenvalue weighted by Crippen LogP contribution is 2.16. The van der Waals surface area contributed by atoms with Crippen molar-refractivity contribution in [3.05, 3.63) is 41.7 Å². The predicted octanol–water partition coefficient (Wildman–Crippen LogP) is 1.80. The number of aryl methyl sites for hydroxylation is 2. The minimum atomic E-state index is 1.21. The van der Waals surface area contributed by atoms with E-state index in [0.717, 1.165) is 0 Å². The Kier molecular flexibility index (Phi) is 2.12. The van der Waals surface area contributed by atoms with Crippen LogP contribution in [0.25, 0.3) is 10.8 Å². The summed E-state index contributed by atoms with van der Waals surface area (Å²) in [5, 5.41) is 2.46. The number of hydrogen-bond donors (Lipinski definition) is 0. The molecule has 14 heavy (non-hydrogen) atoms. The average molecular weight is 188 g/mol. The van der Waals surface area contributed by atoms with Crippen LogP contribution < -0.4 is 9.57 Å².